The molecular weight excluding hydrogens is 214 g/mol. The molecule has 0 saturated carbocycles. The predicted octanol–water partition coefficient (Wildman–Crippen LogP) is 2.72. The Bertz CT molecular complexity index is 611. The van der Waals surface area contributed by atoms with E-state index in [1.807, 2.05) is 30.3 Å². The summed E-state index contributed by atoms with van der Waals surface area (Å²) in [6, 6.07) is 9.37. The topological polar surface area (TPSA) is 39.2 Å². The molecule has 0 bridgehead atoms. The first-order chi connectivity index (χ1) is 8.36. The second-order valence-corrected chi connectivity index (χ2v) is 3.91. The number of hydrogen-bond donors (Lipinski definition) is 0. The number of para-hydroxylation sites is 1. The van der Waals surface area contributed by atoms with Crippen molar-refractivity contribution in [3.63, 3.8) is 0 Å². The van der Waals surface area contributed by atoms with Gasteiger partial charge in [-0.1, -0.05) is 18.2 Å². The van der Waals surface area contributed by atoms with Gasteiger partial charge in [-0.2, -0.15) is 0 Å². The van der Waals surface area contributed by atoms with Crippen LogP contribution in [0.15, 0.2) is 48.4 Å². The zero-order valence-corrected chi connectivity index (χ0v) is 9.22. The molecule has 2 aromatic rings. The third-order valence-corrected chi connectivity index (χ3v) is 2.82. The van der Waals surface area contributed by atoms with E-state index in [0.717, 1.165) is 17.3 Å². The number of ketones is 1. The summed E-state index contributed by atoms with van der Waals surface area (Å²) in [5.74, 6) is 0.405. The number of nitrogens with zero attached hydrogens (tertiary/aromatic N) is 1. The quantitative estimate of drug-likeness (QED) is 0.738. The van der Waals surface area contributed by atoms with Crippen molar-refractivity contribution in [2.75, 3.05) is 6.61 Å². The molecule has 0 unspecified atom stereocenters. The van der Waals surface area contributed by atoms with Crippen molar-refractivity contribution < 1.29 is 9.53 Å². The van der Waals surface area contributed by atoms with Crippen molar-refractivity contribution in [3.05, 3.63) is 53.9 Å². The fraction of sp³-hybridized carbons (Fsp3) is 0.143. The summed E-state index contributed by atoms with van der Waals surface area (Å²) in [5.41, 5.74) is 1.49. The molecule has 84 valence electrons. The SMILES string of the molecule is O=C(C1=CCCO1)c1ccnc2ccccc12. The van der Waals surface area contributed by atoms with Crippen molar-refractivity contribution in [1.29, 1.82) is 0 Å². The van der Waals surface area contributed by atoms with E-state index in [4.69, 9.17) is 4.74 Å². The minimum absolute atomic E-state index is 0.0545. The minimum Gasteiger partial charge on any atom is -0.489 e. The van der Waals surface area contributed by atoms with Crippen molar-refractivity contribution in [2.24, 2.45) is 0 Å². The summed E-state index contributed by atoms with van der Waals surface area (Å²) >= 11 is 0. The van der Waals surface area contributed by atoms with Gasteiger partial charge >= 0.3 is 0 Å². The van der Waals surface area contributed by atoms with Gasteiger partial charge in [-0.3, -0.25) is 9.78 Å². The first-order valence-corrected chi connectivity index (χ1v) is 5.58. The summed E-state index contributed by atoms with van der Waals surface area (Å²) in [7, 11) is 0. The Morgan fingerprint density at radius 3 is 2.94 bits per heavy atom. The van der Waals surface area contributed by atoms with Gasteiger partial charge in [-0.15, -0.1) is 0 Å². The molecule has 1 aromatic carbocycles. The van der Waals surface area contributed by atoms with E-state index < -0.39 is 0 Å². The van der Waals surface area contributed by atoms with Crippen LogP contribution in [-0.2, 0) is 4.74 Å². The minimum atomic E-state index is -0.0545. The lowest BCUT2D eigenvalue weighted by atomic mass is 10.0. The average molecular weight is 225 g/mol. The monoisotopic (exact) mass is 225 g/mol. The van der Waals surface area contributed by atoms with Crippen LogP contribution in [0.1, 0.15) is 16.8 Å². The van der Waals surface area contributed by atoms with E-state index in [9.17, 15) is 4.79 Å². The molecule has 0 aliphatic carbocycles. The van der Waals surface area contributed by atoms with Gasteiger partial charge in [-0.25, -0.2) is 0 Å². The molecule has 0 saturated heterocycles. The standard InChI is InChI=1S/C14H11NO2/c16-14(13-6-3-9-17-13)11-7-8-15-12-5-2-1-4-10(11)12/h1-2,4-8H,3,9H2. The van der Waals surface area contributed by atoms with E-state index >= 15 is 0 Å². The van der Waals surface area contributed by atoms with Gasteiger partial charge in [0, 0.05) is 23.6 Å². The molecule has 0 amide bonds. The Labute approximate surface area is 98.7 Å². The maximum Gasteiger partial charge on any atom is 0.227 e. The lowest BCUT2D eigenvalue weighted by Crippen LogP contribution is -2.05. The number of benzene rings is 1. The average Bonchev–Trinajstić information content (AvgIpc) is 2.91. The molecule has 0 radical (unpaired) electrons. The van der Waals surface area contributed by atoms with Gasteiger partial charge in [0.2, 0.25) is 5.78 Å². The van der Waals surface area contributed by atoms with Crippen LogP contribution >= 0.6 is 0 Å². The van der Waals surface area contributed by atoms with Gasteiger partial charge in [0.1, 0.15) is 0 Å². The molecule has 17 heavy (non-hydrogen) atoms. The molecular formula is C14H11NO2. The van der Waals surface area contributed by atoms with E-state index in [1.54, 1.807) is 12.3 Å². The molecule has 1 aliphatic heterocycles. The van der Waals surface area contributed by atoms with Crippen molar-refractivity contribution >= 4 is 16.7 Å². The van der Waals surface area contributed by atoms with Gasteiger partial charge in [0.05, 0.1) is 12.1 Å². The summed E-state index contributed by atoms with van der Waals surface area (Å²) in [6.07, 6.45) is 4.31. The fourth-order valence-electron chi connectivity index (χ4n) is 2.00. The molecule has 3 heteroatoms. The number of Topliss-reactive ketones (excluding diaryl/α,β-unsaturated/α-hetero) is 1. The summed E-state index contributed by atoms with van der Waals surface area (Å²) in [4.78, 5) is 16.5. The Morgan fingerprint density at radius 2 is 2.12 bits per heavy atom. The van der Waals surface area contributed by atoms with E-state index in [0.29, 0.717) is 17.9 Å². The number of allylic oxidation sites excluding steroid dienone is 1. The molecule has 1 aliphatic rings. The second-order valence-electron chi connectivity index (χ2n) is 3.91. The molecule has 0 atom stereocenters. The van der Waals surface area contributed by atoms with E-state index in [-0.39, 0.29) is 5.78 Å². The predicted molar refractivity (Wildman–Crippen MR) is 64.7 cm³/mol. The van der Waals surface area contributed by atoms with Crippen molar-refractivity contribution in [3.8, 4) is 0 Å². The van der Waals surface area contributed by atoms with Crippen LogP contribution in [0, 0.1) is 0 Å². The van der Waals surface area contributed by atoms with Crippen LogP contribution in [-0.4, -0.2) is 17.4 Å². The number of carbonyl (C=O) groups is 1. The Kier molecular flexibility index (Phi) is 2.37. The molecule has 2 heterocycles. The van der Waals surface area contributed by atoms with Crippen LogP contribution in [0.25, 0.3) is 10.9 Å². The van der Waals surface area contributed by atoms with Gasteiger partial charge in [0.15, 0.2) is 5.76 Å². The number of pyridine rings is 1. The lowest BCUT2D eigenvalue weighted by Gasteiger charge is -2.05. The molecule has 0 fully saturated rings. The highest BCUT2D eigenvalue weighted by atomic mass is 16.5. The van der Waals surface area contributed by atoms with Crippen LogP contribution in [0.3, 0.4) is 0 Å². The highest BCUT2D eigenvalue weighted by molar-refractivity contribution is 6.14. The normalized spacial score (nSPS) is 14.5. The summed E-state index contributed by atoms with van der Waals surface area (Å²) in [6.45, 7) is 0.601. The molecule has 1 aromatic heterocycles. The van der Waals surface area contributed by atoms with Crippen LogP contribution in [0.2, 0.25) is 0 Å². The van der Waals surface area contributed by atoms with E-state index in [1.165, 1.54) is 0 Å². The van der Waals surface area contributed by atoms with Gasteiger partial charge in [0.25, 0.3) is 0 Å². The summed E-state index contributed by atoms with van der Waals surface area (Å²) in [5, 5.41) is 0.872. The molecule has 0 N–H and O–H groups in total. The van der Waals surface area contributed by atoms with Crippen LogP contribution in [0.5, 0.6) is 0 Å². The van der Waals surface area contributed by atoms with E-state index in [2.05, 4.69) is 4.98 Å². The van der Waals surface area contributed by atoms with Crippen molar-refractivity contribution in [1.82, 2.24) is 4.98 Å². The largest absolute Gasteiger partial charge is 0.489 e. The fourth-order valence-corrected chi connectivity index (χ4v) is 2.00. The molecule has 3 nitrogen and oxygen atoms in total. The van der Waals surface area contributed by atoms with Gasteiger partial charge < -0.3 is 4.74 Å². The summed E-state index contributed by atoms with van der Waals surface area (Å²) < 4.78 is 5.31. The highest BCUT2D eigenvalue weighted by Crippen LogP contribution is 2.21. The van der Waals surface area contributed by atoms with Crippen molar-refractivity contribution in [2.45, 2.75) is 6.42 Å². The number of carbonyl (C=O) groups excluding carboxylic acids is 1. The number of aromatic nitrogens is 1. The first kappa shape index (κ1) is 10.0. The number of ether oxygens (including phenoxy) is 1. The third-order valence-electron chi connectivity index (χ3n) is 2.82. The highest BCUT2D eigenvalue weighted by Gasteiger charge is 2.18. The number of rotatable bonds is 2. The smallest absolute Gasteiger partial charge is 0.227 e. The van der Waals surface area contributed by atoms with Gasteiger partial charge in [-0.05, 0) is 18.2 Å². The molecule has 0 spiro atoms. The second kappa shape index (κ2) is 4.01. The Balaban J connectivity index is 2.14. The molecule has 3 rings (SSSR count). The number of hydrogen-bond acceptors (Lipinski definition) is 3. The maximum absolute atomic E-state index is 12.2. The number of fused-ring (bicyclic) bond motifs is 1. The Morgan fingerprint density at radius 1 is 1.24 bits per heavy atom. The zero-order valence-electron chi connectivity index (χ0n) is 9.22. The zero-order chi connectivity index (χ0) is 11.7. The Hall–Kier alpha value is -2.16. The maximum atomic E-state index is 12.2. The van der Waals surface area contributed by atoms with Crippen LogP contribution < -0.4 is 0 Å². The lowest BCUT2D eigenvalue weighted by molar-refractivity contribution is 0.0944. The van der Waals surface area contributed by atoms with Crippen LogP contribution in [0.4, 0.5) is 0 Å². The third kappa shape index (κ3) is 1.69. The first-order valence-electron chi connectivity index (χ1n) is 5.58.